The van der Waals surface area contributed by atoms with E-state index in [1.807, 2.05) is 54.6 Å². The summed E-state index contributed by atoms with van der Waals surface area (Å²) in [5, 5.41) is 3.13. The van der Waals surface area contributed by atoms with E-state index in [0.29, 0.717) is 17.2 Å². The first-order chi connectivity index (χ1) is 22.2. The average molecular weight is 705 g/mol. The van der Waals surface area contributed by atoms with Crippen molar-refractivity contribution < 1.29 is 22.7 Å². The van der Waals surface area contributed by atoms with Crippen LogP contribution in [0.2, 0.25) is 0 Å². The van der Waals surface area contributed by atoms with Crippen molar-refractivity contribution in [2.24, 2.45) is 0 Å². The molecule has 0 bridgehead atoms. The van der Waals surface area contributed by atoms with Crippen LogP contribution in [0.5, 0.6) is 11.5 Å². The number of sulfonamides is 1. The maximum Gasteiger partial charge on any atom is 0.264 e. The average Bonchev–Trinajstić information content (AvgIpc) is 3.08. The molecule has 46 heavy (non-hydrogen) atoms. The first kappa shape index (κ1) is 33.2. The zero-order valence-corrected chi connectivity index (χ0v) is 28.1. The summed E-state index contributed by atoms with van der Waals surface area (Å²) in [4.78, 5) is 29.2. The van der Waals surface area contributed by atoms with Gasteiger partial charge in [0.1, 0.15) is 24.1 Å². The number of nitrogens with zero attached hydrogens (tertiary/aromatic N) is 2. The van der Waals surface area contributed by atoms with Gasteiger partial charge in [-0.25, -0.2) is 8.42 Å². The monoisotopic (exact) mass is 703 g/mol. The molecule has 0 saturated heterocycles. The second kappa shape index (κ2) is 15.4. The first-order valence-corrected chi connectivity index (χ1v) is 17.7. The van der Waals surface area contributed by atoms with Crippen molar-refractivity contribution in [3.63, 3.8) is 0 Å². The fourth-order valence-corrected chi connectivity index (χ4v) is 7.19. The number of anilines is 1. The maximum atomic E-state index is 14.2. The van der Waals surface area contributed by atoms with Gasteiger partial charge in [-0.1, -0.05) is 83.7 Å². The molecular formula is C36H38BrN3O5S. The Bertz CT molecular complexity index is 1700. The van der Waals surface area contributed by atoms with Crippen LogP contribution in [0.25, 0.3) is 0 Å². The van der Waals surface area contributed by atoms with E-state index in [9.17, 15) is 18.0 Å². The molecule has 1 atom stereocenters. The third-order valence-corrected chi connectivity index (χ3v) is 10.4. The Labute approximate surface area is 279 Å². The quantitative estimate of drug-likeness (QED) is 0.167. The Morgan fingerprint density at radius 3 is 2.04 bits per heavy atom. The summed E-state index contributed by atoms with van der Waals surface area (Å²) in [5.74, 6) is 0.405. The Hall–Kier alpha value is -4.15. The zero-order chi connectivity index (χ0) is 32.5. The fraction of sp³-hybridized carbons (Fsp3) is 0.278. The van der Waals surface area contributed by atoms with E-state index >= 15 is 0 Å². The highest BCUT2D eigenvalue weighted by atomic mass is 79.9. The van der Waals surface area contributed by atoms with Crippen molar-refractivity contribution in [3.8, 4) is 11.5 Å². The summed E-state index contributed by atoms with van der Waals surface area (Å²) in [6.45, 7) is 1.32. The van der Waals surface area contributed by atoms with Crippen molar-refractivity contribution >= 4 is 43.5 Å². The van der Waals surface area contributed by atoms with Crippen LogP contribution in [0.1, 0.15) is 44.6 Å². The lowest BCUT2D eigenvalue weighted by Crippen LogP contribution is -2.53. The standard InChI is InChI=1S/C36H38BrN3O5S/c1-27(36(42)38-30-11-5-2-6-12-30)39(25-28-17-19-29(37)20-18-28)35(41)26-40(46(43,44)34-15-9-4-10-16-34)31-21-23-33(24-22-31)45-32-13-7-3-8-14-32/h3-4,7-10,13-24,27,30H,2,5-6,11-12,25-26H2,1H3,(H,38,42)/t27-/m0/s1. The van der Waals surface area contributed by atoms with Crippen LogP contribution in [-0.2, 0) is 26.2 Å². The summed E-state index contributed by atoms with van der Waals surface area (Å²) in [6, 6.07) is 30.6. The van der Waals surface area contributed by atoms with Crippen molar-refractivity contribution in [1.29, 1.82) is 0 Å². The number of halogens is 1. The number of carbonyl (C=O) groups is 2. The first-order valence-electron chi connectivity index (χ1n) is 15.5. The minimum atomic E-state index is -4.16. The molecule has 4 aromatic carbocycles. The Balaban J connectivity index is 1.45. The lowest BCUT2D eigenvalue weighted by molar-refractivity contribution is -0.139. The number of amides is 2. The number of ether oxygens (including phenoxy) is 1. The Kier molecular flexibility index (Phi) is 11.1. The molecule has 1 aliphatic carbocycles. The lowest BCUT2D eigenvalue weighted by Gasteiger charge is -2.33. The molecule has 0 aromatic heterocycles. The van der Waals surface area contributed by atoms with Gasteiger partial charge in [0.15, 0.2) is 0 Å². The summed E-state index contributed by atoms with van der Waals surface area (Å²) in [7, 11) is -4.16. The van der Waals surface area contributed by atoms with Gasteiger partial charge in [0, 0.05) is 17.1 Å². The van der Waals surface area contributed by atoms with Crippen LogP contribution < -0.4 is 14.4 Å². The summed E-state index contributed by atoms with van der Waals surface area (Å²) >= 11 is 3.45. The molecule has 8 nitrogen and oxygen atoms in total. The molecule has 0 spiro atoms. The van der Waals surface area contributed by atoms with Gasteiger partial charge in [0.2, 0.25) is 11.8 Å². The molecule has 0 radical (unpaired) electrons. The third-order valence-electron chi connectivity index (χ3n) is 8.10. The zero-order valence-electron chi connectivity index (χ0n) is 25.7. The molecule has 10 heteroatoms. The van der Waals surface area contributed by atoms with Gasteiger partial charge in [-0.2, -0.15) is 0 Å². The third kappa shape index (κ3) is 8.55. The Morgan fingerprint density at radius 2 is 1.41 bits per heavy atom. The largest absolute Gasteiger partial charge is 0.457 e. The van der Waals surface area contributed by atoms with E-state index in [-0.39, 0.29) is 23.4 Å². The number of benzene rings is 4. The van der Waals surface area contributed by atoms with Gasteiger partial charge < -0.3 is 15.0 Å². The van der Waals surface area contributed by atoms with Crippen molar-refractivity contribution in [2.75, 3.05) is 10.8 Å². The molecule has 240 valence electrons. The highest BCUT2D eigenvalue weighted by Crippen LogP contribution is 2.29. The molecule has 1 fully saturated rings. The molecule has 1 aliphatic rings. The molecule has 4 aromatic rings. The highest BCUT2D eigenvalue weighted by Gasteiger charge is 2.33. The normalized spacial score (nSPS) is 14.2. The van der Waals surface area contributed by atoms with Crippen LogP contribution in [0.4, 0.5) is 5.69 Å². The van der Waals surface area contributed by atoms with Gasteiger partial charge in [0.05, 0.1) is 10.6 Å². The molecular weight excluding hydrogens is 666 g/mol. The van der Waals surface area contributed by atoms with E-state index in [2.05, 4.69) is 21.2 Å². The van der Waals surface area contributed by atoms with E-state index in [1.54, 1.807) is 49.4 Å². The Morgan fingerprint density at radius 1 is 0.826 bits per heavy atom. The molecule has 1 N–H and O–H groups in total. The molecule has 0 unspecified atom stereocenters. The van der Waals surface area contributed by atoms with Crippen LogP contribution in [-0.4, -0.2) is 43.8 Å². The van der Waals surface area contributed by atoms with Crippen LogP contribution >= 0.6 is 15.9 Å². The van der Waals surface area contributed by atoms with Gasteiger partial charge >= 0.3 is 0 Å². The predicted molar refractivity (Wildman–Crippen MR) is 183 cm³/mol. The van der Waals surface area contributed by atoms with Crippen LogP contribution in [0, 0.1) is 0 Å². The molecule has 5 rings (SSSR count). The van der Waals surface area contributed by atoms with Gasteiger partial charge in [-0.05, 0) is 86.0 Å². The van der Waals surface area contributed by atoms with E-state index in [1.165, 1.54) is 17.0 Å². The second-order valence-corrected chi connectivity index (χ2v) is 14.2. The molecule has 2 amide bonds. The number of hydrogen-bond acceptors (Lipinski definition) is 5. The number of rotatable bonds is 12. The molecule has 0 aliphatic heterocycles. The smallest absolute Gasteiger partial charge is 0.264 e. The van der Waals surface area contributed by atoms with Gasteiger partial charge in [-0.3, -0.25) is 13.9 Å². The predicted octanol–water partition coefficient (Wildman–Crippen LogP) is 7.30. The number of nitrogens with one attached hydrogen (secondary N) is 1. The van der Waals surface area contributed by atoms with E-state index in [0.717, 1.165) is 46.4 Å². The summed E-state index contributed by atoms with van der Waals surface area (Å²) in [5.41, 5.74) is 1.11. The van der Waals surface area contributed by atoms with Crippen LogP contribution in [0.3, 0.4) is 0 Å². The van der Waals surface area contributed by atoms with Crippen LogP contribution in [0.15, 0.2) is 119 Å². The van der Waals surface area contributed by atoms with Gasteiger partial charge in [0.25, 0.3) is 10.0 Å². The number of para-hydroxylation sites is 1. The second-order valence-electron chi connectivity index (χ2n) is 11.4. The number of carbonyl (C=O) groups excluding carboxylic acids is 2. The van der Waals surface area contributed by atoms with Crippen molar-refractivity contribution in [2.45, 2.75) is 62.6 Å². The SMILES string of the molecule is C[C@@H](C(=O)NC1CCCCC1)N(Cc1ccc(Br)cc1)C(=O)CN(c1ccc(Oc2ccccc2)cc1)S(=O)(=O)c1ccccc1. The van der Waals surface area contributed by atoms with Crippen molar-refractivity contribution in [3.05, 3.63) is 119 Å². The minimum Gasteiger partial charge on any atom is -0.457 e. The van der Waals surface area contributed by atoms with Gasteiger partial charge in [-0.15, -0.1) is 0 Å². The maximum absolute atomic E-state index is 14.2. The fourth-order valence-electron chi connectivity index (χ4n) is 5.49. The lowest BCUT2D eigenvalue weighted by atomic mass is 9.95. The van der Waals surface area contributed by atoms with Crippen molar-refractivity contribution in [1.82, 2.24) is 10.2 Å². The highest BCUT2D eigenvalue weighted by molar-refractivity contribution is 9.10. The topological polar surface area (TPSA) is 96.0 Å². The minimum absolute atomic E-state index is 0.0509. The number of hydrogen-bond donors (Lipinski definition) is 1. The summed E-state index contributed by atoms with van der Waals surface area (Å²) < 4.78 is 36.0. The molecule has 1 saturated carbocycles. The van der Waals surface area contributed by atoms with E-state index in [4.69, 9.17) is 4.74 Å². The molecule has 0 heterocycles. The summed E-state index contributed by atoms with van der Waals surface area (Å²) in [6.07, 6.45) is 5.09. The van der Waals surface area contributed by atoms with E-state index < -0.39 is 28.5 Å².